The Balaban J connectivity index is 1.86. The molecule has 0 aliphatic carbocycles. The van der Waals surface area contributed by atoms with Crippen molar-refractivity contribution >= 4 is 23.5 Å². The van der Waals surface area contributed by atoms with E-state index in [1.54, 1.807) is 13.1 Å². The molecule has 1 aliphatic rings. The number of aliphatic imine (C=N–C) groups is 1. The minimum atomic E-state index is -0.332. The smallest absolute Gasteiger partial charge is 0.217 e. The standard InChI is InChI=1S/C17H24ClFN4O/c1-21-17(23-8-2-3-12(11-23)9-16(20)24)22-7-6-13-4-5-14(19)10-15(13)18/h4-5,10,12H,2-3,6-9,11H2,1H3,(H2,20,24)(H,21,22). The number of nitrogens with zero attached hydrogens (tertiary/aromatic N) is 2. The number of nitrogens with two attached hydrogens (primary N) is 1. The van der Waals surface area contributed by atoms with E-state index >= 15 is 0 Å². The van der Waals surface area contributed by atoms with Crippen LogP contribution in [0.4, 0.5) is 4.39 Å². The van der Waals surface area contributed by atoms with E-state index in [2.05, 4.69) is 15.2 Å². The van der Waals surface area contributed by atoms with Crippen molar-refractivity contribution in [2.45, 2.75) is 25.7 Å². The third kappa shape index (κ3) is 5.37. The van der Waals surface area contributed by atoms with Crippen LogP contribution in [0.15, 0.2) is 23.2 Å². The van der Waals surface area contributed by atoms with Crippen LogP contribution in [0.1, 0.15) is 24.8 Å². The maximum Gasteiger partial charge on any atom is 0.217 e. The average molecular weight is 355 g/mol. The molecular weight excluding hydrogens is 331 g/mol. The van der Waals surface area contributed by atoms with E-state index in [-0.39, 0.29) is 17.6 Å². The summed E-state index contributed by atoms with van der Waals surface area (Å²) >= 11 is 6.04. The largest absolute Gasteiger partial charge is 0.370 e. The van der Waals surface area contributed by atoms with Gasteiger partial charge in [-0.2, -0.15) is 0 Å². The van der Waals surface area contributed by atoms with Gasteiger partial charge in [0.1, 0.15) is 5.82 Å². The minimum Gasteiger partial charge on any atom is -0.370 e. The molecule has 1 aromatic carbocycles. The molecule has 0 radical (unpaired) electrons. The summed E-state index contributed by atoms with van der Waals surface area (Å²) in [5.41, 5.74) is 6.20. The minimum absolute atomic E-state index is 0.254. The van der Waals surface area contributed by atoms with Crippen LogP contribution >= 0.6 is 11.6 Å². The predicted octanol–water partition coefficient (Wildman–Crippen LogP) is 2.18. The Morgan fingerprint density at radius 1 is 1.54 bits per heavy atom. The van der Waals surface area contributed by atoms with Crippen LogP contribution in [-0.4, -0.2) is 43.4 Å². The fourth-order valence-corrected chi connectivity index (χ4v) is 3.34. The average Bonchev–Trinajstić information content (AvgIpc) is 2.53. The summed E-state index contributed by atoms with van der Waals surface area (Å²) in [5, 5.41) is 3.75. The molecule has 1 unspecified atom stereocenters. The molecule has 7 heteroatoms. The molecule has 1 saturated heterocycles. The lowest BCUT2D eigenvalue weighted by Crippen LogP contribution is -2.47. The summed E-state index contributed by atoms with van der Waals surface area (Å²) in [7, 11) is 1.74. The van der Waals surface area contributed by atoms with Crippen LogP contribution < -0.4 is 11.1 Å². The lowest BCUT2D eigenvalue weighted by Gasteiger charge is -2.34. The zero-order valence-electron chi connectivity index (χ0n) is 13.9. The Kier molecular flexibility index (Phi) is 6.85. The molecule has 0 saturated carbocycles. The van der Waals surface area contributed by atoms with E-state index < -0.39 is 0 Å². The highest BCUT2D eigenvalue weighted by Gasteiger charge is 2.23. The van der Waals surface area contributed by atoms with Crippen molar-refractivity contribution in [3.63, 3.8) is 0 Å². The number of halogens is 2. The summed E-state index contributed by atoms with van der Waals surface area (Å²) in [5.74, 6) is 0.501. The highest BCUT2D eigenvalue weighted by atomic mass is 35.5. The molecule has 1 heterocycles. The van der Waals surface area contributed by atoms with Crippen LogP contribution in [0.25, 0.3) is 0 Å². The van der Waals surface area contributed by atoms with E-state index in [0.717, 1.165) is 37.5 Å². The maximum absolute atomic E-state index is 13.1. The molecule has 24 heavy (non-hydrogen) atoms. The highest BCUT2D eigenvalue weighted by molar-refractivity contribution is 6.31. The van der Waals surface area contributed by atoms with Gasteiger partial charge in [-0.3, -0.25) is 9.79 Å². The number of likely N-dealkylation sites (tertiary alicyclic amines) is 1. The third-order valence-electron chi connectivity index (χ3n) is 4.21. The normalized spacial score (nSPS) is 18.5. The number of nitrogens with one attached hydrogen (secondary N) is 1. The Bertz CT molecular complexity index is 608. The number of primary amides is 1. The Labute approximate surface area is 147 Å². The lowest BCUT2D eigenvalue weighted by atomic mass is 9.95. The number of rotatable bonds is 5. The SMILES string of the molecule is CN=C(NCCc1ccc(F)cc1Cl)N1CCCC(CC(N)=O)C1. The van der Waals surface area contributed by atoms with Crippen molar-refractivity contribution in [2.24, 2.45) is 16.6 Å². The second kappa shape index (κ2) is 8.87. The first-order valence-corrected chi connectivity index (χ1v) is 8.55. The number of carbonyl (C=O) groups is 1. The number of hydrogen-bond donors (Lipinski definition) is 2. The summed E-state index contributed by atoms with van der Waals surface area (Å²) < 4.78 is 13.1. The van der Waals surface area contributed by atoms with Gasteiger partial charge < -0.3 is 16.0 Å². The Hall–Kier alpha value is -1.82. The van der Waals surface area contributed by atoms with Gasteiger partial charge in [-0.15, -0.1) is 0 Å². The molecule has 3 N–H and O–H groups in total. The van der Waals surface area contributed by atoms with Gasteiger partial charge in [0.05, 0.1) is 0 Å². The first-order valence-electron chi connectivity index (χ1n) is 8.17. The molecule has 1 fully saturated rings. The van der Waals surface area contributed by atoms with E-state index in [1.807, 2.05) is 0 Å². The molecule has 132 valence electrons. The van der Waals surface area contributed by atoms with Crippen molar-refractivity contribution in [3.05, 3.63) is 34.6 Å². The molecule has 1 amide bonds. The van der Waals surface area contributed by atoms with Gasteiger partial charge >= 0.3 is 0 Å². The van der Waals surface area contributed by atoms with Crippen molar-refractivity contribution in [1.29, 1.82) is 0 Å². The second-order valence-electron chi connectivity index (χ2n) is 6.08. The van der Waals surface area contributed by atoms with Gasteiger partial charge in [0.15, 0.2) is 5.96 Å². The predicted molar refractivity (Wildman–Crippen MR) is 94.6 cm³/mol. The zero-order valence-corrected chi connectivity index (χ0v) is 14.7. The second-order valence-corrected chi connectivity index (χ2v) is 6.49. The van der Waals surface area contributed by atoms with Crippen LogP contribution in [0.3, 0.4) is 0 Å². The van der Waals surface area contributed by atoms with E-state index in [4.69, 9.17) is 17.3 Å². The molecule has 1 atom stereocenters. The first kappa shape index (κ1) is 18.5. The highest BCUT2D eigenvalue weighted by Crippen LogP contribution is 2.20. The van der Waals surface area contributed by atoms with E-state index in [0.29, 0.717) is 24.4 Å². The van der Waals surface area contributed by atoms with Gasteiger partial charge in [0, 0.05) is 38.1 Å². The molecule has 5 nitrogen and oxygen atoms in total. The summed E-state index contributed by atoms with van der Waals surface area (Å²) in [4.78, 5) is 17.6. The Morgan fingerprint density at radius 3 is 3.00 bits per heavy atom. The van der Waals surface area contributed by atoms with Crippen LogP contribution in [0.2, 0.25) is 5.02 Å². The summed E-state index contributed by atoms with van der Waals surface area (Å²) in [6, 6.07) is 4.44. The monoisotopic (exact) mass is 354 g/mol. The van der Waals surface area contributed by atoms with Gasteiger partial charge in [0.2, 0.25) is 5.91 Å². The topological polar surface area (TPSA) is 70.7 Å². The fourth-order valence-electron chi connectivity index (χ4n) is 3.07. The molecule has 1 aliphatic heterocycles. The van der Waals surface area contributed by atoms with Crippen molar-refractivity contribution in [2.75, 3.05) is 26.7 Å². The van der Waals surface area contributed by atoms with Gasteiger partial charge in [-0.1, -0.05) is 17.7 Å². The van der Waals surface area contributed by atoms with Gasteiger partial charge in [-0.05, 0) is 42.9 Å². The third-order valence-corrected chi connectivity index (χ3v) is 4.56. The number of piperidine rings is 1. The number of amides is 1. The van der Waals surface area contributed by atoms with Gasteiger partial charge in [0.25, 0.3) is 0 Å². The van der Waals surface area contributed by atoms with Crippen LogP contribution in [0.5, 0.6) is 0 Å². The van der Waals surface area contributed by atoms with Gasteiger partial charge in [-0.25, -0.2) is 4.39 Å². The summed E-state index contributed by atoms with van der Waals surface area (Å²) in [6.45, 7) is 2.33. The molecule has 1 aromatic rings. The number of benzene rings is 1. The maximum atomic E-state index is 13.1. The Morgan fingerprint density at radius 2 is 2.33 bits per heavy atom. The number of guanidine groups is 1. The van der Waals surface area contributed by atoms with E-state index in [9.17, 15) is 9.18 Å². The van der Waals surface area contributed by atoms with Crippen LogP contribution in [-0.2, 0) is 11.2 Å². The fraction of sp³-hybridized carbons (Fsp3) is 0.529. The lowest BCUT2D eigenvalue weighted by molar-refractivity contribution is -0.119. The van der Waals surface area contributed by atoms with Crippen molar-refractivity contribution in [3.8, 4) is 0 Å². The van der Waals surface area contributed by atoms with Crippen molar-refractivity contribution < 1.29 is 9.18 Å². The number of hydrogen-bond acceptors (Lipinski definition) is 2. The zero-order chi connectivity index (χ0) is 17.5. The van der Waals surface area contributed by atoms with Crippen LogP contribution in [0, 0.1) is 11.7 Å². The summed E-state index contributed by atoms with van der Waals surface area (Å²) in [6.07, 6.45) is 3.12. The number of carbonyl (C=O) groups excluding carboxylic acids is 1. The quantitative estimate of drug-likeness (QED) is 0.629. The van der Waals surface area contributed by atoms with Crippen molar-refractivity contribution in [1.82, 2.24) is 10.2 Å². The molecule has 0 aromatic heterocycles. The first-order chi connectivity index (χ1) is 11.5. The molecule has 0 bridgehead atoms. The van der Waals surface area contributed by atoms with E-state index in [1.165, 1.54) is 12.1 Å². The molecular formula is C17H24ClFN4O. The molecule has 2 rings (SSSR count). The molecule has 0 spiro atoms.